The van der Waals surface area contributed by atoms with Crippen molar-refractivity contribution in [3.8, 4) is 5.69 Å². The van der Waals surface area contributed by atoms with Gasteiger partial charge in [0.25, 0.3) is 5.91 Å². The molecule has 7 heteroatoms. The predicted molar refractivity (Wildman–Crippen MR) is 113 cm³/mol. The molecule has 3 N–H and O–H groups in total. The van der Waals surface area contributed by atoms with Gasteiger partial charge in [-0.1, -0.05) is 36.4 Å². The van der Waals surface area contributed by atoms with Crippen molar-refractivity contribution in [1.29, 1.82) is 0 Å². The van der Waals surface area contributed by atoms with Crippen molar-refractivity contribution in [2.45, 2.75) is 39.3 Å². The summed E-state index contributed by atoms with van der Waals surface area (Å²) in [6.45, 7) is 5.77. The first-order chi connectivity index (χ1) is 14.3. The van der Waals surface area contributed by atoms with Gasteiger partial charge in [0, 0.05) is 11.3 Å². The van der Waals surface area contributed by atoms with E-state index in [0.29, 0.717) is 5.56 Å². The minimum Gasteiger partial charge on any atom is -0.479 e. The molecule has 0 unspecified atom stereocenters. The van der Waals surface area contributed by atoms with Crippen LogP contribution in [0.5, 0.6) is 0 Å². The van der Waals surface area contributed by atoms with Crippen LogP contribution in [-0.4, -0.2) is 44.0 Å². The predicted octanol–water partition coefficient (Wildman–Crippen LogP) is 2.58. The molecule has 3 rings (SSSR count). The van der Waals surface area contributed by atoms with Crippen LogP contribution in [0.2, 0.25) is 0 Å². The van der Waals surface area contributed by atoms with E-state index in [1.54, 1.807) is 16.8 Å². The molecule has 0 spiro atoms. The zero-order valence-corrected chi connectivity index (χ0v) is 17.2. The molecule has 0 bridgehead atoms. The van der Waals surface area contributed by atoms with Crippen LogP contribution in [0.1, 0.15) is 32.9 Å². The number of aromatic nitrogens is 2. The lowest BCUT2D eigenvalue weighted by molar-refractivity contribution is -0.148. The number of amides is 1. The maximum Gasteiger partial charge on any atom is 0.334 e. The van der Waals surface area contributed by atoms with Crippen LogP contribution in [0.4, 0.5) is 0 Å². The Morgan fingerprint density at radius 1 is 1.07 bits per heavy atom. The van der Waals surface area contributed by atoms with Gasteiger partial charge < -0.3 is 15.5 Å². The highest BCUT2D eigenvalue weighted by molar-refractivity contribution is 5.95. The summed E-state index contributed by atoms with van der Waals surface area (Å²) < 4.78 is 1.77. The van der Waals surface area contributed by atoms with Crippen molar-refractivity contribution in [1.82, 2.24) is 15.1 Å². The highest BCUT2D eigenvalue weighted by Gasteiger charge is 2.28. The normalized spacial score (nSPS) is 12.9. The second-order valence-electron chi connectivity index (χ2n) is 7.39. The molecule has 0 radical (unpaired) electrons. The summed E-state index contributed by atoms with van der Waals surface area (Å²) >= 11 is 0. The monoisotopic (exact) mass is 407 g/mol. The van der Waals surface area contributed by atoms with E-state index < -0.39 is 24.0 Å². The van der Waals surface area contributed by atoms with E-state index in [9.17, 15) is 19.8 Å². The highest BCUT2D eigenvalue weighted by atomic mass is 16.4. The second-order valence-corrected chi connectivity index (χ2v) is 7.39. The van der Waals surface area contributed by atoms with Gasteiger partial charge in [0.15, 0.2) is 6.10 Å². The van der Waals surface area contributed by atoms with Gasteiger partial charge in [-0.2, -0.15) is 5.10 Å². The molecule has 0 saturated heterocycles. The largest absolute Gasteiger partial charge is 0.479 e. The SMILES string of the molecule is Cc1cc(C)n(-c2cc(C(=O)N[C@H](Cc3ccccc3)[C@@H](O)C(=O)O)ccc2C)n1. The van der Waals surface area contributed by atoms with Gasteiger partial charge in [-0.25, -0.2) is 9.48 Å². The fourth-order valence-corrected chi connectivity index (χ4v) is 3.39. The average molecular weight is 407 g/mol. The summed E-state index contributed by atoms with van der Waals surface area (Å²) in [5.41, 5.74) is 4.70. The first-order valence-electron chi connectivity index (χ1n) is 9.66. The number of aliphatic hydroxyl groups is 1. The van der Waals surface area contributed by atoms with Gasteiger partial charge in [-0.3, -0.25) is 4.79 Å². The molecule has 1 aromatic heterocycles. The van der Waals surface area contributed by atoms with Gasteiger partial charge in [0.05, 0.1) is 17.4 Å². The molecule has 0 aliphatic rings. The topological polar surface area (TPSA) is 104 Å². The Hall–Kier alpha value is -3.45. The zero-order valence-electron chi connectivity index (χ0n) is 17.2. The number of carbonyl (C=O) groups excluding carboxylic acids is 1. The Morgan fingerprint density at radius 3 is 2.37 bits per heavy atom. The Morgan fingerprint density at radius 2 is 1.77 bits per heavy atom. The third-order valence-corrected chi connectivity index (χ3v) is 4.96. The van der Waals surface area contributed by atoms with Crippen LogP contribution in [0.25, 0.3) is 5.69 Å². The second kappa shape index (κ2) is 8.92. The molecular formula is C23H25N3O4. The number of aliphatic carboxylic acids is 1. The van der Waals surface area contributed by atoms with E-state index in [2.05, 4.69) is 10.4 Å². The molecule has 1 heterocycles. The van der Waals surface area contributed by atoms with Crippen molar-refractivity contribution >= 4 is 11.9 Å². The Bertz CT molecular complexity index is 1060. The Labute approximate surface area is 175 Å². The number of carboxylic acids is 1. The van der Waals surface area contributed by atoms with Crippen molar-refractivity contribution in [2.24, 2.45) is 0 Å². The summed E-state index contributed by atoms with van der Waals surface area (Å²) in [7, 11) is 0. The molecule has 156 valence electrons. The van der Waals surface area contributed by atoms with Gasteiger partial charge in [-0.05, 0) is 56.5 Å². The van der Waals surface area contributed by atoms with Crippen LogP contribution in [0, 0.1) is 20.8 Å². The molecule has 0 aliphatic heterocycles. The molecule has 2 atom stereocenters. The smallest absolute Gasteiger partial charge is 0.334 e. The minimum absolute atomic E-state index is 0.191. The quantitative estimate of drug-likeness (QED) is 0.558. The average Bonchev–Trinajstić information content (AvgIpc) is 3.05. The summed E-state index contributed by atoms with van der Waals surface area (Å²) in [5.74, 6) is -1.84. The lowest BCUT2D eigenvalue weighted by Gasteiger charge is -2.22. The standard InChI is InChI=1S/C23H25N3O4/c1-14-9-10-18(13-20(14)26-16(3)11-15(2)25-26)22(28)24-19(21(27)23(29)30)12-17-7-5-4-6-8-17/h4-11,13,19,21,27H,12H2,1-3H3,(H,24,28)(H,29,30)/t19-,21-/m1/s1. The third kappa shape index (κ3) is 4.75. The number of aliphatic hydroxyl groups excluding tert-OH is 1. The summed E-state index contributed by atoms with van der Waals surface area (Å²) in [6.07, 6.45) is -1.54. The Balaban J connectivity index is 1.87. The van der Waals surface area contributed by atoms with Crippen LogP contribution in [0.3, 0.4) is 0 Å². The van der Waals surface area contributed by atoms with E-state index in [1.165, 1.54) is 0 Å². The van der Waals surface area contributed by atoms with Crippen molar-refractivity contribution in [2.75, 3.05) is 0 Å². The zero-order chi connectivity index (χ0) is 21.8. The van der Waals surface area contributed by atoms with Crippen LogP contribution in [-0.2, 0) is 11.2 Å². The Kier molecular flexibility index (Phi) is 6.32. The molecule has 1 amide bonds. The van der Waals surface area contributed by atoms with E-state index in [1.807, 2.05) is 63.2 Å². The lowest BCUT2D eigenvalue weighted by atomic mass is 10.0. The summed E-state index contributed by atoms with van der Waals surface area (Å²) in [6, 6.07) is 15.3. The van der Waals surface area contributed by atoms with Crippen LogP contribution in [0.15, 0.2) is 54.6 Å². The number of rotatable bonds is 7. The number of carbonyl (C=O) groups is 2. The first-order valence-corrected chi connectivity index (χ1v) is 9.66. The van der Waals surface area contributed by atoms with Gasteiger partial charge >= 0.3 is 5.97 Å². The van der Waals surface area contributed by atoms with E-state index >= 15 is 0 Å². The highest BCUT2D eigenvalue weighted by Crippen LogP contribution is 2.19. The third-order valence-electron chi connectivity index (χ3n) is 4.96. The fraction of sp³-hybridized carbons (Fsp3) is 0.261. The van der Waals surface area contributed by atoms with Crippen molar-refractivity contribution in [3.63, 3.8) is 0 Å². The molecule has 0 saturated carbocycles. The number of nitrogens with one attached hydrogen (secondary N) is 1. The van der Waals surface area contributed by atoms with E-state index in [-0.39, 0.29) is 6.42 Å². The maximum atomic E-state index is 12.9. The van der Waals surface area contributed by atoms with E-state index in [4.69, 9.17) is 0 Å². The summed E-state index contributed by atoms with van der Waals surface area (Å²) in [5, 5.41) is 26.6. The number of hydrogen-bond acceptors (Lipinski definition) is 4. The number of aryl methyl sites for hydroxylation is 3. The van der Waals surface area contributed by atoms with Crippen LogP contribution >= 0.6 is 0 Å². The number of nitrogens with zero attached hydrogens (tertiary/aromatic N) is 2. The minimum atomic E-state index is -1.73. The van der Waals surface area contributed by atoms with Crippen molar-refractivity contribution in [3.05, 3.63) is 82.7 Å². The fourth-order valence-electron chi connectivity index (χ4n) is 3.39. The number of benzene rings is 2. The molecule has 30 heavy (non-hydrogen) atoms. The number of carboxylic acid groups (broad SMARTS) is 1. The van der Waals surface area contributed by atoms with E-state index in [0.717, 1.165) is 28.2 Å². The maximum absolute atomic E-state index is 12.9. The van der Waals surface area contributed by atoms with Gasteiger partial charge in [0.2, 0.25) is 0 Å². The molecule has 2 aromatic carbocycles. The van der Waals surface area contributed by atoms with Crippen LogP contribution < -0.4 is 5.32 Å². The molecule has 0 aliphatic carbocycles. The number of hydrogen-bond donors (Lipinski definition) is 3. The van der Waals surface area contributed by atoms with Gasteiger partial charge in [0.1, 0.15) is 0 Å². The summed E-state index contributed by atoms with van der Waals surface area (Å²) in [4.78, 5) is 24.3. The molecule has 0 fully saturated rings. The molecule has 7 nitrogen and oxygen atoms in total. The molecule has 3 aromatic rings. The van der Waals surface area contributed by atoms with Crippen molar-refractivity contribution < 1.29 is 19.8 Å². The lowest BCUT2D eigenvalue weighted by Crippen LogP contribution is -2.48. The first kappa shape index (κ1) is 21.3. The molecular weight excluding hydrogens is 382 g/mol. The van der Waals surface area contributed by atoms with Gasteiger partial charge in [-0.15, -0.1) is 0 Å².